The quantitative estimate of drug-likeness (QED) is 0.867. The second-order valence-electron chi connectivity index (χ2n) is 8.33. The van der Waals surface area contributed by atoms with Gasteiger partial charge in [-0.25, -0.2) is 14.5 Å². The lowest BCUT2D eigenvalue weighted by molar-refractivity contribution is 0.0465. The first-order chi connectivity index (χ1) is 12.0. The summed E-state index contributed by atoms with van der Waals surface area (Å²) in [5.74, 6) is 1.58. The molecule has 0 unspecified atom stereocenters. The third-order valence-corrected chi connectivity index (χ3v) is 3.95. The van der Waals surface area contributed by atoms with Gasteiger partial charge < -0.3 is 10.1 Å². The summed E-state index contributed by atoms with van der Waals surface area (Å²) in [6, 6.07) is 8.17. The summed E-state index contributed by atoms with van der Waals surface area (Å²) in [5.41, 5.74) is 1.29. The molecule has 0 saturated heterocycles. The van der Waals surface area contributed by atoms with E-state index >= 15 is 0 Å². The Morgan fingerprint density at radius 3 is 2.31 bits per heavy atom. The number of aryl methyl sites for hydroxylation is 3. The van der Waals surface area contributed by atoms with Crippen LogP contribution in [0.15, 0.2) is 24.3 Å². The van der Waals surface area contributed by atoms with Crippen LogP contribution in [-0.4, -0.2) is 32.0 Å². The Labute approximate surface area is 156 Å². The average Bonchev–Trinajstić information content (AvgIpc) is 2.84. The molecule has 0 spiro atoms. The van der Waals surface area contributed by atoms with Gasteiger partial charge in [-0.2, -0.15) is 5.10 Å². The minimum Gasteiger partial charge on any atom is -0.444 e. The topological polar surface area (TPSA) is 69.0 Å². The number of aromatic nitrogens is 3. The van der Waals surface area contributed by atoms with Crippen molar-refractivity contribution in [2.24, 2.45) is 0 Å². The highest BCUT2D eigenvalue weighted by molar-refractivity contribution is 5.68. The largest absolute Gasteiger partial charge is 0.444 e. The van der Waals surface area contributed by atoms with E-state index in [0.717, 1.165) is 17.2 Å². The monoisotopic (exact) mass is 358 g/mol. The fraction of sp³-hybridized carbons (Fsp3) is 0.550. The molecule has 1 amide bonds. The van der Waals surface area contributed by atoms with Crippen molar-refractivity contribution in [3.05, 3.63) is 35.7 Å². The van der Waals surface area contributed by atoms with Gasteiger partial charge in [-0.3, -0.25) is 0 Å². The van der Waals surface area contributed by atoms with Crippen molar-refractivity contribution in [1.82, 2.24) is 20.1 Å². The summed E-state index contributed by atoms with van der Waals surface area (Å²) in [4.78, 5) is 16.6. The maximum Gasteiger partial charge on any atom is 0.408 e. The van der Waals surface area contributed by atoms with E-state index in [-0.39, 0.29) is 0 Å². The molecule has 1 aromatic heterocycles. The maximum absolute atomic E-state index is 12.0. The van der Waals surface area contributed by atoms with Crippen LogP contribution in [0.3, 0.4) is 0 Å². The van der Waals surface area contributed by atoms with Gasteiger partial charge in [0.05, 0.1) is 0 Å². The summed E-state index contributed by atoms with van der Waals surface area (Å²) in [7, 11) is 0. The number of amides is 1. The number of hydrogen-bond donors (Lipinski definition) is 1. The van der Waals surface area contributed by atoms with Crippen LogP contribution in [0.2, 0.25) is 0 Å². The molecule has 0 aliphatic heterocycles. The van der Waals surface area contributed by atoms with E-state index in [1.807, 2.05) is 58.4 Å². The van der Waals surface area contributed by atoms with Crippen molar-refractivity contribution >= 4 is 6.09 Å². The molecule has 1 heterocycles. The normalized spacial score (nSPS) is 12.1. The first-order valence-corrected chi connectivity index (χ1v) is 8.95. The lowest BCUT2D eigenvalue weighted by Crippen LogP contribution is -2.46. The summed E-state index contributed by atoms with van der Waals surface area (Å²) < 4.78 is 7.22. The zero-order chi connectivity index (χ0) is 19.5. The van der Waals surface area contributed by atoms with Crippen LogP contribution >= 0.6 is 0 Å². The van der Waals surface area contributed by atoms with Crippen LogP contribution in [0, 0.1) is 13.8 Å². The predicted octanol–water partition coefficient (Wildman–Crippen LogP) is 4.26. The van der Waals surface area contributed by atoms with Crippen molar-refractivity contribution in [3.63, 3.8) is 0 Å². The number of nitrogens with one attached hydrogen (secondary N) is 1. The highest BCUT2D eigenvalue weighted by Gasteiger charge is 2.25. The molecule has 2 rings (SSSR count). The molecular weight excluding hydrogens is 328 g/mol. The number of carbonyl (C=O) groups excluding carboxylic acids is 1. The lowest BCUT2D eigenvalue weighted by atomic mass is 10.0. The molecule has 1 N–H and O–H groups in total. The molecule has 0 radical (unpaired) electrons. The Balaban J connectivity index is 2.00. The molecule has 2 aromatic rings. The van der Waals surface area contributed by atoms with Crippen molar-refractivity contribution in [2.75, 3.05) is 0 Å². The van der Waals surface area contributed by atoms with Crippen LogP contribution < -0.4 is 5.32 Å². The molecule has 0 aliphatic carbocycles. The number of benzene rings is 1. The molecule has 6 heteroatoms. The van der Waals surface area contributed by atoms with Gasteiger partial charge in [-0.15, -0.1) is 0 Å². The first kappa shape index (κ1) is 19.9. The molecule has 0 atom stereocenters. The van der Waals surface area contributed by atoms with Crippen molar-refractivity contribution in [3.8, 4) is 11.4 Å². The van der Waals surface area contributed by atoms with Crippen molar-refractivity contribution in [1.29, 1.82) is 0 Å². The van der Waals surface area contributed by atoms with Crippen LogP contribution in [-0.2, 0) is 11.3 Å². The standard InChI is InChI=1S/C20H30N4O2/c1-14-8-10-16(11-9-14)17-21-15(2)24(23-17)13-12-20(6,7)22-18(25)26-19(3,4)5/h8-11H,12-13H2,1-7H3,(H,22,25). The zero-order valence-corrected chi connectivity index (χ0v) is 16.9. The minimum absolute atomic E-state index is 0.404. The highest BCUT2D eigenvalue weighted by Crippen LogP contribution is 2.18. The Morgan fingerprint density at radius 2 is 1.73 bits per heavy atom. The van der Waals surface area contributed by atoms with Crippen molar-refractivity contribution in [2.45, 2.75) is 72.6 Å². The van der Waals surface area contributed by atoms with Crippen LogP contribution in [0.1, 0.15) is 52.4 Å². The predicted molar refractivity (Wildman–Crippen MR) is 103 cm³/mol. The number of alkyl carbamates (subject to hydrolysis) is 1. The van der Waals surface area contributed by atoms with Crippen LogP contribution in [0.4, 0.5) is 4.79 Å². The Hall–Kier alpha value is -2.37. The molecule has 142 valence electrons. The molecule has 1 aromatic carbocycles. The van der Waals surface area contributed by atoms with Gasteiger partial charge in [0.1, 0.15) is 11.4 Å². The third-order valence-electron chi connectivity index (χ3n) is 3.95. The van der Waals surface area contributed by atoms with Gasteiger partial charge in [0.2, 0.25) is 0 Å². The second-order valence-corrected chi connectivity index (χ2v) is 8.33. The van der Waals surface area contributed by atoms with E-state index in [2.05, 4.69) is 34.5 Å². The summed E-state index contributed by atoms with van der Waals surface area (Å²) in [6.45, 7) is 14.2. The van der Waals surface area contributed by atoms with Gasteiger partial charge in [0, 0.05) is 17.6 Å². The van der Waals surface area contributed by atoms with Gasteiger partial charge >= 0.3 is 6.09 Å². The zero-order valence-electron chi connectivity index (χ0n) is 16.9. The number of nitrogens with zero attached hydrogens (tertiary/aromatic N) is 3. The number of carbonyl (C=O) groups is 1. The van der Waals surface area contributed by atoms with Gasteiger partial charge in [-0.1, -0.05) is 29.8 Å². The van der Waals surface area contributed by atoms with E-state index < -0.39 is 17.2 Å². The number of ether oxygens (including phenoxy) is 1. The molecule has 6 nitrogen and oxygen atoms in total. The fourth-order valence-electron chi connectivity index (χ4n) is 2.48. The molecule has 26 heavy (non-hydrogen) atoms. The van der Waals surface area contributed by atoms with Gasteiger partial charge in [0.15, 0.2) is 5.82 Å². The Bertz CT molecular complexity index is 755. The smallest absolute Gasteiger partial charge is 0.408 e. The van der Waals surface area contributed by atoms with Gasteiger partial charge in [0.25, 0.3) is 0 Å². The van der Waals surface area contributed by atoms with Crippen molar-refractivity contribution < 1.29 is 9.53 Å². The third kappa shape index (κ3) is 5.86. The van der Waals surface area contributed by atoms with Gasteiger partial charge in [-0.05, 0) is 54.9 Å². The van der Waals surface area contributed by atoms with E-state index in [1.165, 1.54) is 5.56 Å². The average molecular weight is 358 g/mol. The fourth-order valence-corrected chi connectivity index (χ4v) is 2.48. The highest BCUT2D eigenvalue weighted by atomic mass is 16.6. The minimum atomic E-state index is -0.508. The van der Waals surface area contributed by atoms with E-state index in [9.17, 15) is 4.79 Å². The molecule has 0 aliphatic rings. The molecular formula is C20H30N4O2. The molecule has 0 saturated carbocycles. The van der Waals surface area contributed by atoms with E-state index in [1.54, 1.807) is 0 Å². The molecule has 0 bridgehead atoms. The number of hydrogen-bond acceptors (Lipinski definition) is 4. The summed E-state index contributed by atoms with van der Waals surface area (Å²) in [6.07, 6.45) is 0.308. The number of rotatable bonds is 5. The summed E-state index contributed by atoms with van der Waals surface area (Å²) >= 11 is 0. The maximum atomic E-state index is 12.0. The first-order valence-electron chi connectivity index (χ1n) is 8.95. The summed E-state index contributed by atoms with van der Waals surface area (Å²) in [5, 5.41) is 7.54. The second kappa shape index (κ2) is 7.48. The Kier molecular flexibility index (Phi) is 5.74. The Morgan fingerprint density at radius 1 is 1.12 bits per heavy atom. The van der Waals surface area contributed by atoms with E-state index in [4.69, 9.17) is 4.74 Å². The lowest BCUT2D eigenvalue weighted by Gasteiger charge is -2.28. The van der Waals surface area contributed by atoms with Crippen LogP contribution in [0.25, 0.3) is 11.4 Å². The molecule has 0 fully saturated rings. The van der Waals surface area contributed by atoms with Crippen LogP contribution in [0.5, 0.6) is 0 Å². The SMILES string of the molecule is Cc1ccc(-c2nc(C)n(CCC(C)(C)NC(=O)OC(C)(C)C)n2)cc1. The van der Waals surface area contributed by atoms with E-state index in [0.29, 0.717) is 13.0 Å².